The maximum atomic E-state index is 12.0. The third-order valence-corrected chi connectivity index (χ3v) is 3.28. The fourth-order valence-electron chi connectivity index (χ4n) is 2.23. The van der Waals surface area contributed by atoms with Crippen LogP contribution in [0, 0.1) is 11.3 Å². The van der Waals surface area contributed by atoms with Gasteiger partial charge in [0.2, 0.25) is 0 Å². The number of nitrogens with one attached hydrogen (secondary N) is 1. The standard InChI is InChI=1S/C18H12N2O/c19-12-14-6-2-1-5-13(14)9-10-15-11-18(21)16-7-3-4-8-17(16)20-15/h1-11H,(H,20,21)/b10-9+. The van der Waals surface area contributed by atoms with E-state index in [4.69, 9.17) is 5.26 Å². The van der Waals surface area contributed by atoms with Crippen LogP contribution in [0.1, 0.15) is 16.8 Å². The van der Waals surface area contributed by atoms with E-state index in [0.29, 0.717) is 16.6 Å². The first-order chi connectivity index (χ1) is 10.3. The highest BCUT2D eigenvalue weighted by Crippen LogP contribution is 2.13. The summed E-state index contributed by atoms with van der Waals surface area (Å²) in [6, 6.07) is 18.5. The minimum Gasteiger partial charge on any atom is -0.355 e. The van der Waals surface area contributed by atoms with Crippen LogP contribution in [0.4, 0.5) is 0 Å². The molecule has 1 heterocycles. The zero-order valence-electron chi connectivity index (χ0n) is 11.2. The summed E-state index contributed by atoms with van der Waals surface area (Å²) < 4.78 is 0. The molecule has 1 aromatic heterocycles. The minimum absolute atomic E-state index is 0.0161. The lowest BCUT2D eigenvalue weighted by Crippen LogP contribution is -2.02. The first-order valence-corrected chi connectivity index (χ1v) is 6.57. The normalized spacial score (nSPS) is 10.8. The number of rotatable bonds is 2. The van der Waals surface area contributed by atoms with Crippen LogP contribution in [0.2, 0.25) is 0 Å². The fourth-order valence-corrected chi connectivity index (χ4v) is 2.23. The number of para-hydroxylation sites is 1. The van der Waals surface area contributed by atoms with E-state index in [-0.39, 0.29) is 5.43 Å². The lowest BCUT2D eigenvalue weighted by atomic mass is 10.1. The number of hydrogen-bond donors (Lipinski definition) is 1. The maximum Gasteiger partial charge on any atom is 0.189 e. The number of benzene rings is 2. The van der Waals surface area contributed by atoms with E-state index in [1.54, 1.807) is 18.2 Å². The zero-order valence-corrected chi connectivity index (χ0v) is 11.2. The van der Waals surface area contributed by atoms with Gasteiger partial charge in [0.1, 0.15) is 0 Å². The topological polar surface area (TPSA) is 56.6 Å². The highest BCUT2D eigenvalue weighted by molar-refractivity contribution is 5.81. The second-order valence-electron chi connectivity index (χ2n) is 4.67. The minimum atomic E-state index is -0.0161. The second kappa shape index (κ2) is 5.48. The molecule has 0 saturated heterocycles. The number of pyridine rings is 1. The van der Waals surface area contributed by atoms with Gasteiger partial charge < -0.3 is 4.98 Å². The molecule has 0 spiro atoms. The van der Waals surface area contributed by atoms with Crippen molar-refractivity contribution in [3.63, 3.8) is 0 Å². The van der Waals surface area contributed by atoms with Crippen LogP contribution in [0.15, 0.2) is 59.4 Å². The molecule has 3 aromatic rings. The van der Waals surface area contributed by atoms with Gasteiger partial charge in [-0.15, -0.1) is 0 Å². The molecule has 100 valence electrons. The first kappa shape index (κ1) is 12.9. The summed E-state index contributed by atoms with van der Waals surface area (Å²) >= 11 is 0. The van der Waals surface area contributed by atoms with Crippen LogP contribution in [-0.4, -0.2) is 4.98 Å². The summed E-state index contributed by atoms with van der Waals surface area (Å²) in [7, 11) is 0. The van der Waals surface area contributed by atoms with Gasteiger partial charge in [0, 0.05) is 22.7 Å². The number of fused-ring (bicyclic) bond motifs is 1. The van der Waals surface area contributed by atoms with E-state index in [0.717, 1.165) is 11.1 Å². The number of nitrogens with zero attached hydrogens (tertiary/aromatic N) is 1. The Balaban J connectivity index is 2.04. The third kappa shape index (κ3) is 2.60. The Morgan fingerprint density at radius 2 is 1.76 bits per heavy atom. The Morgan fingerprint density at radius 1 is 1.00 bits per heavy atom. The van der Waals surface area contributed by atoms with Crippen molar-refractivity contribution in [2.45, 2.75) is 0 Å². The predicted molar refractivity (Wildman–Crippen MR) is 84.7 cm³/mol. The highest BCUT2D eigenvalue weighted by Gasteiger charge is 2.00. The molecule has 2 aromatic carbocycles. The molecule has 3 nitrogen and oxygen atoms in total. The van der Waals surface area contributed by atoms with Crippen molar-refractivity contribution in [1.82, 2.24) is 4.98 Å². The van der Waals surface area contributed by atoms with Gasteiger partial charge in [0.05, 0.1) is 11.6 Å². The van der Waals surface area contributed by atoms with Crippen molar-refractivity contribution < 1.29 is 0 Å². The summed E-state index contributed by atoms with van der Waals surface area (Å²) in [5.74, 6) is 0. The molecule has 0 radical (unpaired) electrons. The van der Waals surface area contributed by atoms with Gasteiger partial charge in [-0.3, -0.25) is 4.79 Å². The van der Waals surface area contributed by atoms with Gasteiger partial charge in [-0.1, -0.05) is 36.4 Å². The maximum absolute atomic E-state index is 12.0. The fraction of sp³-hybridized carbons (Fsp3) is 0. The third-order valence-electron chi connectivity index (χ3n) is 3.28. The molecule has 0 bridgehead atoms. The van der Waals surface area contributed by atoms with E-state index in [9.17, 15) is 4.79 Å². The van der Waals surface area contributed by atoms with E-state index >= 15 is 0 Å². The van der Waals surface area contributed by atoms with Crippen molar-refractivity contribution in [2.75, 3.05) is 0 Å². The second-order valence-corrected chi connectivity index (χ2v) is 4.67. The number of hydrogen-bond acceptors (Lipinski definition) is 2. The molecule has 21 heavy (non-hydrogen) atoms. The molecular weight excluding hydrogens is 260 g/mol. The summed E-state index contributed by atoms with van der Waals surface area (Å²) in [5.41, 5.74) is 2.94. The molecule has 0 atom stereocenters. The van der Waals surface area contributed by atoms with E-state index in [2.05, 4.69) is 11.1 Å². The van der Waals surface area contributed by atoms with Crippen molar-refractivity contribution in [2.24, 2.45) is 0 Å². The molecule has 0 aliphatic carbocycles. The van der Waals surface area contributed by atoms with E-state index in [1.165, 1.54) is 0 Å². The Labute approximate surface area is 121 Å². The van der Waals surface area contributed by atoms with Crippen molar-refractivity contribution >= 4 is 23.1 Å². The lowest BCUT2D eigenvalue weighted by molar-refractivity contribution is 1.35. The van der Waals surface area contributed by atoms with E-state index < -0.39 is 0 Å². The van der Waals surface area contributed by atoms with Crippen LogP contribution in [-0.2, 0) is 0 Å². The van der Waals surface area contributed by atoms with Crippen molar-refractivity contribution in [1.29, 1.82) is 5.26 Å². The summed E-state index contributed by atoms with van der Waals surface area (Å²) in [5, 5.41) is 9.73. The van der Waals surface area contributed by atoms with Gasteiger partial charge in [-0.2, -0.15) is 5.26 Å². The van der Waals surface area contributed by atoms with Crippen molar-refractivity contribution in [3.8, 4) is 6.07 Å². The van der Waals surface area contributed by atoms with Gasteiger partial charge in [0.25, 0.3) is 0 Å². The van der Waals surface area contributed by atoms with Gasteiger partial charge in [0.15, 0.2) is 5.43 Å². The number of nitriles is 1. The molecule has 0 fully saturated rings. The SMILES string of the molecule is N#Cc1ccccc1/C=C/c1cc(=O)c2ccccc2[nH]1. The molecule has 3 heteroatoms. The van der Waals surface area contributed by atoms with Crippen LogP contribution in [0.25, 0.3) is 23.1 Å². The van der Waals surface area contributed by atoms with Gasteiger partial charge in [-0.25, -0.2) is 0 Å². The Morgan fingerprint density at radius 3 is 2.62 bits per heavy atom. The predicted octanol–water partition coefficient (Wildman–Crippen LogP) is 3.57. The van der Waals surface area contributed by atoms with Crippen LogP contribution in [0.3, 0.4) is 0 Å². The van der Waals surface area contributed by atoms with Gasteiger partial charge >= 0.3 is 0 Å². The average molecular weight is 272 g/mol. The Kier molecular flexibility index (Phi) is 3.36. The monoisotopic (exact) mass is 272 g/mol. The summed E-state index contributed by atoms with van der Waals surface area (Å²) in [6.45, 7) is 0. The number of H-pyrrole nitrogens is 1. The molecular formula is C18H12N2O. The number of aromatic nitrogens is 1. The molecule has 3 rings (SSSR count). The average Bonchev–Trinajstić information content (AvgIpc) is 2.53. The molecule has 0 amide bonds. The van der Waals surface area contributed by atoms with Crippen LogP contribution in [0.5, 0.6) is 0 Å². The molecule has 0 aliphatic rings. The molecule has 0 aliphatic heterocycles. The Hall–Kier alpha value is -3.12. The Bertz CT molecular complexity index is 930. The zero-order chi connectivity index (χ0) is 14.7. The number of aromatic amines is 1. The van der Waals surface area contributed by atoms with Crippen molar-refractivity contribution in [3.05, 3.63) is 81.6 Å². The first-order valence-electron chi connectivity index (χ1n) is 6.57. The quantitative estimate of drug-likeness (QED) is 0.775. The smallest absolute Gasteiger partial charge is 0.189 e. The largest absolute Gasteiger partial charge is 0.355 e. The van der Waals surface area contributed by atoms with Crippen LogP contribution < -0.4 is 5.43 Å². The van der Waals surface area contributed by atoms with Gasteiger partial charge in [-0.05, 0) is 29.8 Å². The van der Waals surface area contributed by atoms with Crippen LogP contribution >= 0.6 is 0 Å². The molecule has 0 saturated carbocycles. The molecule has 1 N–H and O–H groups in total. The van der Waals surface area contributed by atoms with E-state index in [1.807, 2.05) is 48.6 Å². The summed E-state index contributed by atoms with van der Waals surface area (Å²) in [4.78, 5) is 15.2. The molecule has 0 unspecified atom stereocenters. The highest BCUT2D eigenvalue weighted by atomic mass is 16.1. The lowest BCUT2D eigenvalue weighted by Gasteiger charge is -2.00. The summed E-state index contributed by atoms with van der Waals surface area (Å²) in [6.07, 6.45) is 3.64.